The van der Waals surface area contributed by atoms with Gasteiger partial charge in [-0.05, 0) is 67.0 Å². The Bertz CT molecular complexity index is 1200. The van der Waals surface area contributed by atoms with E-state index in [9.17, 15) is 9.59 Å². The number of ether oxygens (including phenoxy) is 1. The molecule has 2 aromatic carbocycles. The molecule has 0 saturated carbocycles. The number of anilines is 1. The molecule has 3 aromatic rings. The molecule has 0 N–H and O–H groups in total. The number of piperazine rings is 1. The van der Waals surface area contributed by atoms with Gasteiger partial charge >= 0.3 is 6.09 Å². The van der Waals surface area contributed by atoms with Gasteiger partial charge in [-0.15, -0.1) is 11.8 Å². The summed E-state index contributed by atoms with van der Waals surface area (Å²) in [5.41, 5.74) is 2.13. The van der Waals surface area contributed by atoms with Crippen molar-refractivity contribution >= 4 is 56.2 Å². The molecule has 1 aliphatic heterocycles. The number of hydrogen-bond donors (Lipinski definition) is 0. The van der Waals surface area contributed by atoms with Crippen LogP contribution in [0.25, 0.3) is 10.9 Å². The van der Waals surface area contributed by atoms with E-state index in [1.165, 1.54) is 11.8 Å². The number of halogens is 1. The molecule has 0 unspecified atom stereocenters. The average molecular weight is 542 g/mol. The Morgan fingerprint density at radius 2 is 1.79 bits per heavy atom. The molecule has 0 bridgehead atoms. The third-order valence-electron chi connectivity index (χ3n) is 5.51. The normalized spacial score (nSPS) is 14.4. The lowest BCUT2D eigenvalue weighted by Crippen LogP contribution is -2.50. The fourth-order valence-corrected chi connectivity index (χ4v) is 5.38. The maximum atomic E-state index is 12.9. The molecule has 1 aromatic heterocycles. The van der Waals surface area contributed by atoms with E-state index >= 15 is 0 Å². The van der Waals surface area contributed by atoms with Crippen molar-refractivity contribution in [2.45, 2.75) is 31.3 Å². The van der Waals surface area contributed by atoms with Gasteiger partial charge in [0, 0.05) is 52.7 Å². The SMILES string of the molecule is CC(C)(C)OC(=O)N1CCN(c2ccc(C(=O)CSc3ccnc4ccccc34)cc2Br)CC1. The van der Waals surface area contributed by atoms with Crippen molar-refractivity contribution in [2.75, 3.05) is 36.8 Å². The molecular weight excluding hydrogens is 514 g/mol. The number of thioether (sulfide) groups is 1. The number of hydrogen-bond acceptors (Lipinski definition) is 6. The summed E-state index contributed by atoms with van der Waals surface area (Å²) in [7, 11) is 0. The highest BCUT2D eigenvalue weighted by atomic mass is 79.9. The van der Waals surface area contributed by atoms with Crippen LogP contribution in [0.4, 0.5) is 10.5 Å². The second-order valence-electron chi connectivity index (χ2n) is 9.16. The zero-order valence-electron chi connectivity index (χ0n) is 19.6. The van der Waals surface area contributed by atoms with Gasteiger partial charge in [0.2, 0.25) is 0 Å². The second kappa shape index (κ2) is 10.4. The molecule has 1 fully saturated rings. The first kappa shape index (κ1) is 24.5. The van der Waals surface area contributed by atoms with Crippen LogP contribution in [0.3, 0.4) is 0 Å². The summed E-state index contributed by atoms with van der Waals surface area (Å²) < 4.78 is 6.36. The highest BCUT2D eigenvalue weighted by Crippen LogP contribution is 2.31. The first-order valence-corrected chi connectivity index (χ1v) is 13.0. The number of Topliss-reactive ketones (excluding diaryl/α,β-unsaturated/α-hetero) is 1. The number of pyridine rings is 1. The summed E-state index contributed by atoms with van der Waals surface area (Å²) in [4.78, 5) is 34.6. The number of amides is 1. The molecule has 2 heterocycles. The summed E-state index contributed by atoms with van der Waals surface area (Å²) in [6.45, 7) is 8.22. The minimum atomic E-state index is -0.498. The molecule has 0 radical (unpaired) electrons. The van der Waals surface area contributed by atoms with Gasteiger partial charge in [0.15, 0.2) is 5.78 Å². The summed E-state index contributed by atoms with van der Waals surface area (Å²) in [5, 5.41) is 1.06. The van der Waals surface area contributed by atoms with E-state index < -0.39 is 5.60 Å². The number of carbonyl (C=O) groups is 2. The lowest BCUT2D eigenvalue weighted by molar-refractivity contribution is 0.0240. The van der Waals surface area contributed by atoms with E-state index in [1.54, 1.807) is 11.1 Å². The van der Waals surface area contributed by atoms with Crippen molar-refractivity contribution in [2.24, 2.45) is 0 Å². The van der Waals surface area contributed by atoms with E-state index in [-0.39, 0.29) is 11.9 Å². The van der Waals surface area contributed by atoms with Crippen LogP contribution in [0.15, 0.2) is 64.1 Å². The summed E-state index contributed by atoms with van der Waals surface area (Å²) in [6, 6.07) is 15.7. The van der Waals surface area contributed by atoms with E-state index in [0.29, 0.717) is 37.5 Å². The molecule has 0 aliphatic carbocycles. The zero-order chi connectivity index (χ0) is 24.3. The molecule has 178 valence electrons. The fourth-order valence-electron chi connectivity index (χ4n) is 3.82. The molecule has 1 saturated heterocycles. The lowest BCUT2D eigenvalue weighted by Gasteiger charge is -2.37. The predicted octanol–water partition coefficient (Wildman–Crippen LogP) is 6.03. The van der Waals surface area contributed by atoms with Gasteiger partial charge in [0.05, 0.1) is 17.0 Å². The summed E-state index contributed by atoms with van der Waals surface area (Å²) >= 11 is 5.18. The molecule has 4 rings (SSSR count). The fraction of sp³-hybridized carbons (Fsp3) is 0.346. The molecule has 0 spiro atoms. The molecular formula is C26H28BrN3O3S. The predicted molar refractivity (Wildman–Crippen MR) is 141 cm³/mol. The van der Waals surface area contributed by atoms with E-state index in [2.05, 4.69) is 25.8 Å². The zero-order valence-corrected chi connectivity index (χ0v) is 22.0. The van der Waals surface area contributed by atoms with Crippen LogP contribution in [0.2, 0.25) is 0 Å². The maximum absolute atomic E-state index is 12.9. The average Bonchev–Trinajstić information content (AvgIpc) is 2.81. The van der Waals surface area contributed by atoms with Crippen LogP contribution < -0.4 is 4.90 Å². The third kappa shape index (κ3) is 5.91. The van der Waals surface area contributed by atoms with Gasteiger partial charge in [0.25, 0.3) is 0 Å². The highest BCUT2D eigenvalue weighted by molar-refractivity contribution is 9.10. The van der Waals surface area contributed by atoms with Gasteiger partial charge in [0.1, 0.15) is 5.60 Å². The van der Waals surface area contributed by atoms with Crippen molar-refractivity contribution in [1.82, 2.24) is 9.88 Å². The van der Waals surface area contributed by atoms with Gasteiger partial charge in [-0.25, -0.2) is 4.79 Å². The first-order valence-electron chi connectivity index (χ1n) is 11.2. The topological polar surface area (TPSA) is 62.7 Å². The number of aromatic nitrogens is 1. The molecule has 0 atom stereocenters. The van der Waals surface area contributed by atoms with Crippen molar-refractivity contribution in [1.29, 1.82) is 0 Å². The Hall–Kier alpha value is -2.58. The second-order valence-corrected chi connectivity index (χ2v) is 11.0. The largest absolute Gasteiger partial charge is 0.444 e. The van der Waals surface area contributed by atoms with Crippen LogP contribution in [-0.4, -0.2) is 59.3 Å². The summed E-state index contributed by atoms with van der Waals surface area (Å²) in [5.74, 6) is 0.432. The number of ketones is 1. The first-order chi connectivity index (χ1) is 16.2. The number of benzene rings is 2. The minimum Gasteiger partial charge on any atom is -0.444 e. The van der Waals surface area contributed by atoms with Crippen LogP contribution in [0, 0.1) is 0 Å². The quantitative estimate of drug-likeness (QED) is 0.290. The van der Waals surface area contributed by atoms with Crippen molar-refractivity contribution in [3.05, 3.63) is 64.8 Å². The monoisotopic (exact) mass is 541 g/mol. The Morgan fingerprint density at radius 3 is 2.50 bits per heavy atom. The van der Waals surface area contributed by atoms with Crippen LogP contribution in [0.5, 0.6) is 0 Å². The minimum absolute atomic E-state index is 0.0767. The molecule has 1 amide bonds. The van der Waals surface area contributed by atoms with E-state index in [1.807, 2.05) is 69.3 Å². The molecule has 34 heavy (non-hydrogen) atoms. The number of nitrogens with zero attached hydrogens (tertiary/aromatic N) is 3. The van der Waals surface area contributed by atoms with Crippen molar-refractivity contribution in [3.63, 3.8) is 0 Å². The van der Waals surface area contributed by atoms with E-state index in [0.717, 1.165) is 26.0 Å². The summed E-state index contributed by atoms with van der Waals surface area (Å²) in [6.07, 6.45) is 1.51. The standard InChI is InChI=1S/C26H28BrN3O3S/c1-26(2,3)33-25(32)30-14-12-29(13-15-30)22-9-8-18(16-20(22)27)23(31)17-34-24-10-11-28-21-7-5-4-6-19(21)24/h4-11,16H,12-15,17H2,1-3H3. The van der Waals surface area contributed by atoms with Crippen LogP contribution in [-0.2, 0) is 4.74 Å². The number of para-hydroxylation sites is 1. The molecule has 6 nitrogen and oxygen atoms in total. The van der Waals surface area contributed by atoms with Gasteiger partial charge in [-0.3, -0.25) is 9.78 Å². The van der Waals surface area contributed by atoms with Crippen molar-refractivity contribution in [3.8, 4) is 0 Å². The molecule has 1 aliphatic rings. The number of fused-ring (bicyclic) bond motifs is 1. The van der Waals surface area contributed by atoms with Crippen molar-refractivity contribution < 1.29 is 14.3 Å². The molecule has 8 heteroatoms. The number of carbonyl (C=O) groups excluding carboxylic acids is 2. The van der Waals surface area contributed by atoms with Gasteiger partial charge < -0.3 is 14.5 Å². The van der Waals surface area contributed by atoms with Crippen LogP contribution >= 0.6 is 27.7 Å². The lowest BCUT2D eigenvalue weighted by atomic mass is 10.1. The van der Waals surface area contributed by atoms with Gasteiger partial charge in [-0.2, -0.15) is 0 Å². The van der Waals surface area contributed by atoms with Crippen LogP contribution in [0.1, 0.15) is 31.1 Å². The third-order valence-corrected chi connectivity index (χ3v) is 7.22. The smallest absolute Gasteiger partial charge is 0.410 e. The Kier molecular flexibility index (Phi) is 7.48. The number of rotatable bonds is 5. The Morgan fingerprint density at radius 1 is 1.06 bits per heavy atom. The van der Waals surface area contributed by atoms with E-state index in [4.69, 9.17) is 4.74 Å². The Labute approximate surface area is 212 Å². The van der Waals surface area contributed by atoms with Gasteiger partial charge in [-0.1, -0.05) is 18.2 Å². The highest BCUT2D eigenvalue weighted by Gasteiger charge is 2.26. The maximum Gasteiger partial charge on any atom is 0.410 e. The Balaban J connectivity index is 1.36.